The second-order valence-corrected chi connectivity index (χ2v) is 4.95. The van der Waals surface area contributed by atoms with Crippen molar-refractivity contribution in [1.29, 1.82) is 0 Å². The van der Waals surface area contributed by atoms with E-state index in [1.54, 1.807) is 0 Å². The highest BCUT2D eigenvalue weighted by Gasteiger charge is 2.10. The molecule has 0 saturated heterocycles. The Morgan fingerprint density at radius 3 is 2.11 bits per heavy atom. The van der Waals surface area contributed by atoms with Gasteiger partial charge >= 0.3 is 0 Å². The number of nitrogens with zero attached hydrogens (tertiary/aromatic N) is 2. The van der Waals surface area contributed by atoms with Crippen molar-refractivity contribution in [3.63, 3.8) is 0 Å². The van der Waals surface area contributed by atoms with Crippen molar-refractivity contribution in [2.75, 3.05) is 30.4 Å². The number of para-hydroxylation sites is 1. The number of benzene rings is 2. The number of rotatable bonds is 4. The first kappa shape index (κ1) is 13.5. The summed E-state index contributed by atoms with van der Waals surface area (Å²) in [6, 6.07) is 17.2. The van der Waals surface area contributed by atoms with Crippen LogP contribution in [0.3, 0.4) is 0 Å². The lowest BCUT2D eigenvalue weighted by molar-refractivity contribution is 1.01. The van der Waals surface area contributed by atoms with Crippen LogP contribution in [0.4, 0.5) is 17.1 Å². The van der Waals surface area contributed by atoms with Crippen molar-refractivity contribution in [1.82, 2.24) is 0 Å². The Morgan fingerprint density at radius 2 is 1.58 bits per heavy atom. The molecule has 2 rings (SSSR count). The van der Waals surface area contributed by atoms with Crippen molar-refractivity contribution >= 4 is 17.1 Å². The van der Waals surface area contributed by atoms with Crippen LogP contribution in [0, 0.1) is 6.92 Å². The average molecular weight is 254 g/mol. The predicted molar refractivity (Wildman–Crippen MR) is 84.6 cm³/mol. The topological polar surface area (TPSA) is 6.48 Å². The van der Waals surface area contributed by atoms with Crippen molar-refractivity contribution in [3.05, 3.63) is 54.1 Å². The molecule has 0 N–H and O–H groups in total. The standard InChI is InChI=1S/C17H22N2/c1-5-19(15-9-7-6-8-10-15)17-12-11-16(18(3)4)13-14(17)2/h6-13H,5H2,1-4H3. The first-order valence-corrected chi connectivity index (χ1v) is 6.74. The first-order valence-electron chi connectivity index (χ1n) is 6.74. The molecule has 0 amide bonds. The van der Waals surface area contributed by atoms with Gasteiger partial charge in [0.25, 0.3) is 0 Å². The third-order valence-corrected chi connectivity index (χ3v) is 3.37. The van der Waals surface area contributed by atoms with E-state index in [4.69, 9.17) is 0 Å². The summed E-state index contributed by atoms with van der Waals surface area (Å²) in [5, 5.41) is 0. The van der Waals surface area contributed by atoms with E-state index in [0.29, 0.717) is 0 Å². The minimum Gasteiger partial charge on any atom is -0.378 e. The highest BCUT2D eigenvalue weighted by Crippen LogP contribution is 2.30. The number of hydrogen-bond acceptors (Lipinski definition) is 2. The summed E-state index contributed by atoms with van der Waals surface area (Å²) in [7, 11) is 4.15. The Kier molecular flexibility index (Phi) is 4.10. The molecule has 2 nitrogen and oxygen atoms in total. The van der Waals surface area contributed by atoms with Crippen LogP contribution in [0.15, 0.2) is 48.5 Å². The summed E-state index contributed by atoms with van der Waals surface area (Å²) >= 11 is 0. The quantitative estimate of drug-likeness (QED) is 0.806. The molecule has 0 bridgehead atoms. The minimum atomic E-state index is 0.964. The van der Waals surface area contributed by atoms with Crippen LogP contribution < -0.4 is 9.80 Å². The highest BCUT2D eigenvalue weighted by atomic mass is 15.1. The molecule has 2 aromatic rings. The Hall–Kier alpha value is -1.96. The van der Waals surface area contributed by atoms with Crippen LogP contribution in [0.5, 0.6) is 0 Å². The van der Waals surface area contributed by atoms with Gasteiger partial charge in [0.05, 0.1) is 0 Å². The van der Waals surface area contributed by atoms with Gasteiger partial charge in [0.1, 0.15) is 0 Å². The zero-order valence-corrected chi connectivity index (χ0v) is 12.2. The van der Waals surface area contributed by atoms with Crippen molar-refractivity contribution in [3.8, 4) is 0 Å². The number of hydrogen-bond donors (Lipinski definition) is 0. The van der Waals surface area contributed by atoms with E-state index < -0.39 is 0 Å². The lowest BCUT2D eigenvalue weighted by Crippen LogP contribution is -2.17. The molecule has 19 heavy (non-hydrogen) atoms. The monoisotopic (exact) mass is 254 g/mol. The van der Waals surface area contributed by atoms with Gasteiger partial charge in [-0.15, -0.1) is 0 Å². The summed E-state index contributed by atoms with van der Waals surface area (Å²) in [5.41, 5.74) is 5.06. The number of anilines is 3. The molecule has 0 saturated carbocycles. The van der Waals surface area contributed by atoms with Gasteiger partial charge in [0.15, 0.2) is 0 Å². The molecule has 100 valence electrons. The van der Waals surface area contributed by atoms with Gasteiger partial charge in [-0.1, -0.05) is 18.2 Å². The first-order chi connectivity index (χ1) is 9.13. The summed E-state index contributed by atoms with van der Waals surface area (Å²) in [5.74, 6) is 0. The molecule has 2 heteroatoms. The third-order valence-electron chi connectivity index (χ3n) is 3.37. The molecule has 2 aromatic carbocycles. The van der Waals surface area contributed by atoms with Gasteiger partial charge in [0, 0.05) is 37.7 Å². The van der Waals surface area contributed by atoms with Crippen LogP contribution in [0.2, 0.25) is 0 Å². The van der Waals surface area contributed by atoms with E-state index in [9.17, 15) is 0 Å². The Balaban J connectivity index is 2.39. The van der Waals surface area contributed by atoms with Gasteiger partial charge in [-0.25, -0.2) is 0 Å². The van der Waals surface area contributed by atoms with E-state index in [0.717, 1.165) is 6.54 Å². The Bertz CT molecular complexity index is 532. The predicted octanol–water partition coefficient (Wildman–Crippen LogP) is 4.22. The fraction of sp³-hybridized carbons (Fsp3) is 0.294. The SMILES string of the molecule is CCN(c1ccccc1)c1ccc(N(C)C)cc1C. The molecule has 0 heterocycles. The molecule has 0 radical (unpaired) electrons. The second-order valence-electron chi connectivity index (χ2n) is 4.95. The molecular formula is C17H22N2. The molecule has 0 fully saturated rings. The molecule has 0 atom stereocenters. The summed E-state index contributed by atoms with van der Waals surface area (Å²) < 4.78 is 0. The molecule has 0 aliphatic rings. The maximum absolute atomic E-state index is 2.34. The fourth-order valence-corrected chi connectivity index (χ4v) is 2.32. The molecule has 0 aromatic heterocycles. The van der Waals surface area contributed by atoms with Gasteiger partial charge in [-0.3, -0.25) is 0 Å². The summed E-state index contributed by atoms with van der Waals surface area (Å²) in [6.45, 7) is 5.33. The van der Waals surface area contributed by atoms with Crippen molar-refractivity contribution in [2.24, 2.45) is 0 Å². The van der Waals surface area contributed by atoms with Crippen LogP contribution in [-0.4, -0.2) is 20.6 Å². The molecule has 0 unspecified atom stereocenters. The average Bonchev–Trinajstić information content (AvgIpc) is 2.42. The van der Waals surface area contributed by atoms with E-state index in [1.807, 2.05) is 0 Å². The van der Waals surface area contributed by atoms with Crippen LogP contribution in [-0.2, 0) is 0 Å². The summed E-state index contributed by atoms with van der Waals surface area (Å²) in [6.07, 6.45) is 0. The molecule has 0 spiro atoms. The van der Waals surface area contributed by atoms with Gasteiger partial charge in [-0.05, 0) is 49.7 Å². The summed E-state index contributed by atoms with van der Waals surface area (Å²) in [4.78, 5) is 4.48. The van der Waals surface area contributed by atoms with Crippen LogP contribution in [0.1, 0.15) is 12.5 Å². The number of aryl methyl sites for hydroxylation is 1. The zero-order chi connectivity index (χ0) is 13.8. The fourth-order valence-electron chi connectivity index (χ4n) is 2.32. The van der Waals surface area contributed by atoms with Crippen LogP contribution >= 0.6 is 0 Å². The van der Waals surface area contributed by atoms with Gasteiger partial charge < -0.3 is 9.80 Å². The largest absolute Gasteiger partial charge is 0.378 e. The van der Waals surface area contributed by atoms with Gasteiger partial charge in [-0.2, -0.15) is 0 Å². The maximum atomic E-state index is 2.34. The van der Waals surface area contributed by atoms with Gasteiger partial charge in [0.2, 0.25) is 0 Å². The Morgan fingerprint density at radius 1 is 0.895 bits per heavy atom. The highest BCUT2D eigenvalue weighted by molar-refractivity contribution is 5.69. The minimum absolute atomic E-state index is 0.964. The van der Waals surface area contributed by atoms with E-state index in [1.165, 1.54) is 22.6 Å². The van der Waals surface area contributed by atoms with E-state index in [-0.39, 0.29) is 0 Å². The maximum Gasteiger partial charge on any atom is 0.0441 e. The lowest BCUT2D eigenvalue weighted by atomic mass is 10.1. The normalized spacial score (nSPS) is 10.3. The van der Waals surface area contributed by atoms with Crippen molar-refractivity contribution < 1.29 is 0 Å². The third kappa shape index (κ3) is 2.90. The molecule has 0 aliphatic heterocycles. The van der Waals surface area contributed by atoms with E-state index in [2.05, 4.69) is 86.3 Å². The second kappa shape index (κ2) is 5.79. The van der Waals surface area contributed by atoms with E-state index >= 15 is 0 Å². The molecular weight excluding hydrogens is 232 g/mol. The van der Waals surface area contributed by atoms with Crippen molar-refractivity contribution in [2.45, 2.75) is 13.8 Å². The smallest absolute Gasteiger partial charge is 0.0441 e. The zero-order valence-electron chi connectivity index (χ0n) is 12.2. The molecule has 0 aliphatic carbocycles. The lowest BCUT2D eigenvalue weighted by Gasteiger charge is -2.26. The Labute approximate surface area is 116 Å². The van der Waals surface area contributed by atoms with Crippen LogP contribution in [0.25, 0.3) is 0 Å².